The van der Waals surface area contributed by atoms with E-state index in [9.17, 15) is 14.4 Å². The molecule has 4 rings (SSSR count). The Balaban J connectivity index is 1.40. The van der Waals surface area contributed by atoms with Gasteiger partial charge in [0, 0.05) is 37.4 Å². The topological polar surface area (TPSA) is 69.0 Å². The first kappa shape index (κ1) is 21.0. The highest BCUT2D eigenvalue weighted by Crippen LogP contribution is 2.27. The largest absolute Gasteiger partial charge is 0.325 e. The number of anilines is 1. The van der Waals surface area contributed by atoms with Crippen molar-refractivity contribution in [3.63, 3.8) is 0 Å². The molecule has 0 saturated heterocycles. The van der Waals surface area contributed by atoms with Gasteiger partial charge in [-0.3, -0.25) is 9.69 Å². The van der Waals surface area contributed by atoms with E-state index >= 15 is 0 Å². The van der Waals surface area contributed by atoms with Gasteiger partial charge in [-0.1, -0.05) is 42.1 Å². The molecular weight excluding hydrogens is 411 g/mol. The van der Waals surface area contributed by atoms with E-state index in [0.717, 1.165) is 37.3 Å². The fourth-order valence-corrected chi connectivity index (χ4v) is 4.32. The maximum Gasteiger partial charge on any atom is 0.234 e. The molecule has 0 unspecified atom stereocenters. The second kappa shape index (κ2) is 9.73. The van der Waals surface area contributed by atoms with Crippen LogP contribution in [0.2, 0.25) is 0 Å². The summed E-state index contributed by atoms with van der Waals surface area (Å²) in [5, 5.41) is 12.9. The van der Waals surface area contributed by atoms with Crippen molar-refractivity contribution in [1.29, 1.82) is 5.26 Å². The number of rotatable bonds is 6. The fourth-order valence-electron chi connectivity index (χ4n) is 3.54. The fraction of sp³-hybridized carbons (Fsp3) is 0.208. The number of pyridine rings is 1. The number of halogens is 1. The smallest absolute Gasteiger partial charge is 0.234 e. The highest BCUT2D eigenvalue weighted by molar-refractivity contribution is 8.00. The van der Waals surface area contributed by atoms with Gasteiger partial charge in [0.15, 0.2) is 0 Å². The van der Waals surface area contributed by atoms with Gasteiger partial charge in [0.2, 0.25) is 5.91 Å². The van der Waals surface area contributed by atoms with E-state index in [-0.39, 0.29) is 17.5 Å². The number of hydrogen-bond donors (Lipinski definition) is 1. The Morgan fingerprint density at radius 3 is 2.71 bits per heavy atom. The van der Waals surface area contributed by atoms with Gasteiger partial charge in [0.05, 0.1) is 11.3 Å². The summed E-state index contributed by atoms with van der Waals surface area (Å²) in [5.74, 6) is -0.460. The monoisotopic (exact) mass is 432 g/mol. The third-order valence-electron chi connectivity index (χ3n) is 5.05. The second-order valence-corrected chi connectivity index (χ2v) is 8.31. The lowest BCUT2D eigenvalue weighted by molar-refractivity contribution is -0.113. The lowest BCUT2D eigenvalue weighted by Crippen LogP contribution is -2.31. The summed E-state index contributed by atoms with van der Waals surface area (Å²) in [6.07, 6.45) is 0.809. The summed E-state index contributed by atoms with van der Waals surface area (Å²) in [5.41, 5.74) is 4.34. The average molecular weight is 433 g/mol. The van der Waals surface area contributed by atoms with Crippen molar-refractivity contribution in [2.45, 2.75) is 24.5 Å². The molecule has 1 aromatic heterocycles. The SMILES string of the molecule is N#Cc1cc2c(nc1SCC(=O)Nc1ccc(F)cc1)CCN(Cc1ccccc1)C2. The van der Waals surface area contributed by atoms with E-state index < -0.39 is 0 Å². The number of aromatic nitrogens is 1. The van der Waals surface area contributed by atoms with E-state index in [1.807, 2.05) is 24.3 Å². The molecular formula is C24H21FN4OS. The molecule has 0 bridgehead atoms. The Morgan fingerprint density at radius 2 is 1.97 bits per heavy atom. The number of carbonyl (C=O) groups excluding carboxylic acids is 1. The minimum absolute atomic E-state index is 0.123. The maximum absolute atomic E-state index is 13.0. The van der Waals surface area contributed by atoms with Crippen LogP contribution in [0.3, 0.4) is 0 Å². The number of thioether (sulfide) groups is 1. The van der Waals surface area contributed by atoms with Gasteiger partial charge < -0.3 is 5.32 Å². The third-order valence-corrected chi connectivity index (χ3v) is 6.04. The second-order valence-electron chi connectivity index (χ2n) is 7.35. The molecule has 1 aliphatic rings. The van der Waals surface area contributed by atoms with Gasteiger partial charge in [-0.15, -0.1) is 0 Å². The molecule has 31 heavy (non-hydrogen) atoms. The normalized spacial score (nSPS) is 13.3. The van der Waals surface area contributed by atoms with E-state index in [0.29, 0.717) is 16.3 Å². The summed E-state index contributed by atoms with van der Waals surface area (Å²) in [7, 11) is 0. The van der Waals surface area contributed by atoms with Crippen molar-refractivity contribution >= 4 is 23.4 Å². The highest BCUT2D eigenvalue weighted by Gasteiger charge is 2.21. The van der Waals surface area contributed by atoms with Gasteiger partial charge in [-0.25, -0.2) is 9.37 Å². The van der Waals surface area contributed by atoms with Crippen molar-refractivity contribution in [3.8, 4) is 6.07 Å². The first-order valence-corrected chi connectivity index (χ1v) is 11.0. The third kappa shape index (κ3) is 5.48. The van der Waals surface area contributed by atoms with Crippen LogP contribution in [0, 0.1) is 17.1 Å². The number of fused-ring (bicyclic) bond motifs is 1. The van der Waals surface area contributed by atoms with E-state index in [1.54, 1.807) is 0 Å². The van der Waals surface area contributed by atoms with Crippen molar-refractivity contribution in [1.82, 2.24) is 9.88 Å². The van der Waals surface area contributed by atoms with Crippen LogP contribution in [0.4, 0.5) is 10.1 Å². The van der Waals surface area contributed by atoms with Gasteiger partial charge in [0.1, 0.15) is 16.9 Å². The highest BCUT2D eigenvalue weighted by atomic mass is 32.2. The van der Waals surface area contributed by atoms with Crippen LogP contribution in [0.1, 0.15) is 22.4 Å². The number of nitrogens with one attached hydrogen (secondary N) is 1. The molecule has 0 radical (unpaired) electrons. The number of nitrogens with zero attached hydrogens (tertiary/aromatic N) is 3. The van der Waals surface area contributed by atoms with Crippen LogP contribution in [-0.2, 0) is 24.3 Å². The van der Waals surface area contributed by atoms with Gasteiger partial charge in [-0.2, -0.15) is 5.26 Å². The van der Waals surface area contributed by atoms with Crippen LogP contribution in [0.25, 0.3) is 0 Å². The quantitative estimate of drug-likeness (QED) is 0.586. The van der Waals surface area contributed by atoms with Crippen LogP contribution in [-0.4, -0.2) is 28.1 Å². The van der Waals surface area contributed by atoms with Gasteiger partial charge in [0.25, 0.3) is 0 Å². The minimum Gasteiger partial charge on any atom is -0.325 e. The summed E-state index contributed by atoms with van der Waals surface area (Å²) in [6, 6.07) is 20.1. The summed E-state index contributed by atoms with van der Waals surface area (Å²) in [4.78, 5) is 19.3. The molecule has 0 fully saturated rings. The summed E-state index contributed by atoms with van der Waals surface area (Å²) in [6.45, 7) is 2.51. The van der Waals surface area contributed by atoms with Crippen molar-refractivity contribution in [2.24, 2.45) is 0 Å². The number of benzene rings is 2. The molecule has 2 heterocycles. The van der Waals surface area contributed by atoms with E-state index in [4.69, 9.17) is 4.98 Å². The molecule has 7 heteroatoms. The molecule has 1 amide bonds. The van der Waals surface area contributed by atoms with Crippen molar-refractivity contribution < 1.29 is 9.18 Å². The molecule has 156 valence electrons. The zero-order valence-electron chi connectivity index (χ0n) is 16.8. The lowest BCUT2D eigenvalue weighted by Gasteiger charge is -2.28. The summed E-state index contributed by atoms with van der Waals surface area (Å²) < 4.78 is 13.0. The molecule has 0 saturated carbocycles. The zero-order valence-corrected chi connectivity index (χ0v) is 17.7. The predicted octanol–water partition coefficient (Wildman–Crippen LogP) is 4.38. The number of hydrogen-bond acceptors (Lipinski definition) is 5. The zero-order chi connectivity index (χ0) is 21.6. The molecule has 0 spiro atoms. The molecule has 5 nitrogen and oxygen atoms in total. The lowest BCUT2D eigenvalue weighted by atomic mass is 10.0. The molecule has 3 aromatic rings. The van der Waals surface area contributed by atoms with Crippen LogP contribution >= 0.6 is 11.8 Å². The maximum atomic E-state index is 13.0. The Hall–Kier alpha value is -3.21. The van der Waals surface area contributed by atoms with Crippen molar-refractivity contribution in [2.75, 3.05) is 17.6 Å². The Bertz CT molecular complexity index is 1110. The Morgan fingerprint density at radius 1 is 1.19 bits per heavy atom. The van der Waals surface area contributed by atoms with E-state index in [2.05, 4.69) is 28.4 Å². The first-order valence-electron chi connectivity index (χ1n) is 9.98. The number of amides is 1. The number of nitriles is 1. The van der Waals surface area contributed by atoms with Gasteiger partial charge in [-0.05, 0) is 41.5 Å². The van der Waals surface area contributed by atoms with Crippen LogP contribution in [0.5, 0.6) is 0 Å². The molecule has 1 aliphatic heterocycles. The standard InChI is InChI=1S/C24H21FN4OS/c25-20-6-8-21(9-7-20)27-23(30)16-31-24-18(13-26)12-19-15-29(11-10-22(19)28-24)14-17-4-2-1-3-5-17/h1-9,12H,10-11,14-16H2,(H,27,30). The Kier molecular flexibility index (Phi) is 6.60. The van der Waals surface area contributed by atoms with E-state index in [1.165, 1.54) is 41.6 Å². The summed E-state index contributed by atoms with van der Waals surface area (Å²) >= 11 is 1.25. The minimum atomic E-state index is -0.355. The molecule has 2 aromatic carbocycles. The van der Waals surface area contributed by atoms with Crippen molar-refractivity contribution in [3.05, 3.63) is 88.9 Å². The molecule has 0 aliphatic carbocycles. The average Bonchev–Trinajstić information content (AvgIpc) is 2.79. The van der Waals surface area contributed by atoms with Crippen LogP contribution in [0.15, 0.2) is 65.7 Å². The molecule has 0 atom stereocenters. The first-order chi connectivity index (χ1) is 15.1. The van der Waals surface area contributed by atoms with Gasteiger partial charge >= 0.3 is 0 Å². The van der Waals surface area contributed by atoms with Crippen LogP contribution < -0.4 is 5.32 Å². The number of carbonyl (C=O) groups is 1. The predicted molar refractivity (Wildman–Crippen MR) is 119 cm³/mol. The molecule has 1 N–H and O–H groups in total. The Labute approximate surface area is 184 Å².